The van der Waals surface area contributed by atoms with E-state index < -0.39 is 17.9 Å². The van der Waals surface area contributed by atoms with Gasteiger partial charge in [0.05, 0.1) is 12.0 Å². The van der Waals surface area contributed by atoms with Gasteiger partial charge >= 0.3 is 5.97 Å². The zero-order valence-electron chi connectivity index (χ0n) is 11.2. The molecule has 0 saturated heterocycles. The standard InChI is InChI=1S/C14H16N2O4/c1-2-20-13(18)14(7-8-14)10-3-5-11(6-4-10)16-12(17)9-15-19/h3-6H,2,7-9H2,1H3,(H,16,17). The third kappa shape index (κ3) is 2.84. The van der Waals surface area contributed by atoms with Gasteiger partial charge in [-0.2, -0.15) is 4.91 Å². The molecule has 0 bridgehead atoms. The molecule has 20 heavy (non-hydrogen) atoms. The number of amides is 1. The molecule has 1 saturated carbocycles. The molecule has 1 aliphatic carbocycles. The van der Waals surface area contributed by atoms with E-state index in [9.17, 15) is 14.5 Å². The van der Waals surface area contributed by atoms with E-state index in [1.807, 2.05) is 0 Å². The minimum atomic E-state index is -0.511. The van der Waals surface area contributed by atoms with E-state index in [0.29, 0.717) is 12.3 Å². The number of hydrogen-bond acceptors (Lipinski definition) is 5. The molecule has 6 nitrogen and oxygen atoms in total. The molecule has 0 radical (unpaired) electrons. The van der Waals surface area contributed by atoms with Crippen LogP contribution in [0.15, 0.2) is 29.4 Å². The first-order valence-electron chi connectivity index (χ1n) is 6.49. The fraction of sp³-hybridized carbons (Fsp3) is 0.429. The molecule has 1 fully saturated rings. The summed E-state index contributed by atoms with van der Waals surface area (Å²) in [4.78, 5) is 33.1. The topological polar surface area (TPSA) is 84.8 Å². The van der Waals surface area contributed by atoms with Gasteiger partial charge in [-0.3, -0.25) is 9.59 Å². The molecule has 1 aromatic rings. The van der Waals surface area contributed by atoms with Crippen molar-refractivity contribution in [1.29, 1.82) is 0 Å². The third-order valence-electron chi connectivity index (χ3n) is 3.35. The van der Waals surface area contributed by atoms with Gasteiger partial charge in [0.15, 0.2) is 6.54 Å². The zero-order chi connectivity index (χ0) is 14.6. The monoisotopic (exact) mass is 276 g/mol. The van der Waals surface area contributed by atoms with Crippen molar-refractivity contribution in [3.8, 4) is 0 Å². The summed E-state index contributed by atoms with van der Waals surface area (Å²) in [6.45, 7) is 1.75. The first-order chi connectivity index (χ1) is 9.62. The van der Waals surface area contributed by atoms with E-state index in [4.69, 9.17) is 4.74 Å². The number of carbonyl (C=O) groups excluding carboxylic acids is 2. The lowest BCUT2D eigenvalue weighted by atomic mass is 9.96. The minimum absolute atomic E-state index is 0.193. The zero-order valence-corrected chi connectivity index (χ0v) is 11.2. The quantitative estimate of drug-likeness (QED) is 0.636. The predicted octanol–water partition coefficient (Wildman–Crippen LogP) is 1.99. The molecule has 0 aliphatic heterocycles. The number of carbonyl (C=O) groups is 2. The summed E-state index contributed by atoms with van der Waals surface area (Å²) >= 11 is 0. The Morgan fingerprint density at radius 2 is 1.95 bits per heavy atom. The molecule has 6 heteroatoms. The van der Waals surface area contributed by atoms with E-state index in [0.717, 1.165) is 18.4 Å². The van der Waals surface area contributed by atoms with Gasteiger partial charge in [-0.25, -0.2) is 0 Å². The van der Waals surface area contributed by atoms with E-state index in [2.05, 4.69) is 10.5 Å². The number of nitrogens with one attached hydrogen (secondary N) is 1. The van der Waals surface area contributed by atoms with Gasteiger partial charge in [-0.15, -0.1) is 0 Å². The molecule has 1 N–H and O–H groups in total. The number of benzene rings is 1. The number of esters is 1. The predicted molar refractivity (Wildman–Crippen MR) is 73.3 cm³/mol. The summed E-state index contributed by atoms with van der Waals surface area (Å²) in [7, 11) is 0. The van der Waals surface area contributed by atoms with Crippen LogP contribution in [0.4, 0.5) is 5.69 Å². The van der Waals surface area contributed by atoms with Crippen LogP contribution in [0, 0.1) is 4.91 Å². The van der Waals surface area contributed by atoms with Crippen molar-refractivity contribution in [3.05, 3.63) is 34.7 Å². The highest BCUT2D eigenvalue weighted by Crippen LogP contribution is 2.49. The van der Waals surface area contributed by atoms with E-state index in [1.54, 1.807) is 31.2 Å². The van der Waals surface area contributed by atoms with Crippen molar-refractivity contribution in [2.75, 3.05) is 18.5 Å². The average molecular weight is 276 g/mol. The van der Waals surface area contributed by atoms with Crippen LogP contribution in [-0.4, -0.2) is 25.0 Å². The second-order valence-corrected chi connectivity index (χ2v) is 4.72. The van der Waals surface area contributed by atoms with Crippen molar-refractivity contribution in [2.24, 2.45) is 5.18 Å². The van der Waals surface area contributed by atoms with Crippen LogP contribution in [0.2, 0.25) is 0 Å². The number of anilines is 1. The lowest BCUT2D eigenvalue weighted by Crippen LogP contribution is -2.23. The highest BCUT2D eigenvalue weighted by molar-refractivity contribution is 5.92. The van der Waals surface area contributed by atoms with Gasteiger partial charge in [0.1, 0.15) is 0 Å². The van der Waals surface area contributed by atoms with Crippen molar-refractivity contribution >= 4 is 17.6 Å². The lowest BCUT2D eigenvalue weighted by Gasteiger charge is -2.14. The van der Waals surface area contributed by atoms with Gasteiger partial charge in [0, 0.05) is 5.69 Å². The Morgan fingerprint density at radius 1 is 1.30 bits per heavy atom. The Morgan fingerprint density at radius 3 is 2.45 bits per heavy atom. The molecular formula is C14H16N2O4. The smallest absolute Gasteiger partial charge is 0.316 e. The summed E-state index contributed by atoms with van der Waals surface area (Å²) in [6, 6.07) is 7.01. The summed E-state index contributed by atoms with van der Waals surface area (Å²) in [5, 5.41) is 5.07. The molecule has 0 aromatic heterocycles. The second kappa shape index (κ2) is 5.81. The Kier molecular flexibility index (Phi) is 4.12. The maximum Gasteiger partial charge on any atom is 0.316 e. The minimum Gasteiger partial charge on any atom is -0.465 e. The van der Waals surface area contributed by atoms with Crippen LogP contribution < -0.4 is 5.32 Å². The fourth-order valence-electron chi connectivity index (χ4n) is 2.14. The van der Waals surface area contributed by atoms with Gasteiger partial charge in [0.2, 0.25) is 5.91 Å². The van der Waals surface area contributed by atoms with Gasteiger partial charge < -0.3 is 10.1 Å². The summed E-state index contributed by atoms with van der Waals surface area (Å²) < 4.78 is 5.09. The summed E-state index contributed by atoms with van der Waals surface area (Å²) in [5.41, 5.74) is 0.952. The van der Waals surface area contributed by atoms with Crippen LogP contribution >= 0.6 is 0 Å². The molecule has 0 atom stereocenters. The Labute approximate surface area is 116 Å². The molecule has 1 amide bonds. The molecule has 2 rings (SSSR count). The number of nitroso groups, excluding NO2 is 1. The van der Waals surface area contributed by atoms with Crippen molar-refractivity contribution < 1.29 is 14.3 Å². The SMILES string of the molecule is CCOC(=O)C1(c2ccc(NC(=O)CN=O)cc2)CC1. The highest BCUT2D eigenvalue weighted by atomic mass is 16.5. The maximum absolute atomic E-state index is 11.9. The molecule has 0 unspecified atom stereocenters. The van der Waals surface area contributed by atoms with E-state index in [-0.39, 0.29) is 5.97 Å². The number of hydrogen-bond donors (Lipinski definition) is 1. The van der Waals surface area contributed by atoms with Crippen LogP contribution in [0.5, 0.6) is 0 Å². The largest absolute Gasteiger partial charge is 0.465 e. The average Bonchev–Trinajstić information content (AvgIpc) is 3.22. The van der Waals surface area contributed by atoms with Crippen LogP contribution in [0.1, 0.15) is 25.3 Å². The Hall–Kier alpha value is -2.24. The molecular weight excluding hydrogens is 260 g/mol. The molecule has 0 heterocycles. The van der Waals surface area contributed by atoms with Gasteiger partial charge in [-0.1, -0.05) is 17.3 Å². The third-order valence-corrected chi connectivity index (χ3v) is 3.35. The lowest BCUT2D eigenvalue weighted by molar-refractivity contribution is -0.146. The van der Waals surface area contributed by atoms with E-state index >= 15 is 0 Å². The normalized spacial score (nSPS) is 15.2. The molecule has 1 aromatic carbocycles. The van der Waals surface area contributed by atoms with Crippen LogP contribution in [-0.2, 0) is 19.7 Å². The fourth-order valence-corrected chi connectivity index (χ4v) is 2.14. The number of rotatable bonds is 6. The number of nitrogens with zero attached hydrogens (tertiary/aromatic N) is 1. The van der Waals surface area contributed by atoms with Crippen molar-refractivity contribution in [3.63, 3.8) is 0 Å². The first kappa shape index (κ1) is 14.2. The van der Waals surface area contributed by atoms with Gasteiger partial charge in [-0.05, 0) is 37.5 Å². The second-order valence-electron chi connectivity index (χ2n) is 4.72. The summed E-state index contributed by atoms with van der Waals surface area (Å²) in [6.07, 6.45) is 1.57. The molecule has 106 valence electrons. The molecule has 0 spiro atoms. The summed E-state index contributed by atoms with van der Waals surface area (Å²) in [5.74, 6) is -0.652. The van der Waals surface area contributed by atoms with Crippen molar-refractivity contribution in [1.82, 2.24) is 0 Å². The number of ether oxygens (including phenoxy) is 1. The van der Waals surface area contributed by atoms with Gasteiger partial charge in [0.25, 0.3) is 0 Å². The van der Waals surface area contributed by atoms with Crippen LogP contribution in [0.25, 0.3) is 0 Å². The Bertz CT molecular complexity index is 520. The molecule has 1 aliphatic rings. The van der Waals surface area contributed by atoms with Crippen molar-refractivity contribution in [2.45, 2.75) is 25.2 Å². The Balaban J connectivity index is 2.07. The van der Waals surface area contributed by atoms with Crippen LogP contribution in [0.3, 0.4) is 0 Å². The first-order valence-corrected chi connectivity index (χ1v) is 6.49. The van der Waals surface area contributed by atoms with E-state index in [1.165, 1.54) is 0 Å². The highest BCUT2D eigenvalue weighted by Gasteiger charge is 2.52. The maximum atomic E-state index is 11.9.